The number of hydrazine groups is 1. The third kappa shape index (κ3) is 2.41. The van der Waals surface area contributed by atoms with Gasteiger partial charge in [0.05, 0.1) is 0 Å². The summed E-state index contributed by atoms with van der Waals surface area (Å²) in [4.78, 5) is 9.33. The Kier molecular flexibility index (Phi) is 2.97. The molecule has 1 aromatic rings. The average molecular weight is 232 g/mol. The molecule has 0 saturated heterocycles. The number of rotatable bonds is 3. The molecule has 3 N–H and O–H groups in total. The van der Waals surface area contributed by atoms with Crippen molar-refractivity contribution in [2.45, 2.75) is 51.4 Å². The van der Waals surface area contributed by atoms with Crippen LogP contribution in [0.1, 0.15) is 49.2 Å². The molecule has 0 amide bonds. The summed E-state index contributed by atoms with van der Waals surface area (Å²) in [7, 11) is 0. The van der Waals surface area contributed by atoms with Crippen LogP contribution in [0.25, 0.3) is 0 Å². The predicted molar refractivity (Wildman–Crippen MR) is 67.5 cm³/mol. The van der Waals surface area contributed by atoms with E-state index in [-0.39, 0.29) is 0 Å². The Labute approximate surface area is 102 Å². The molecular weight excluding hydrogens is 212 g/mol. The molecule has 0 aromatic carbocycles. The van der Waals surface area contributed by atoms with E-state index in [0.717, 1.165) is 36.8 Å². The van der Waals surface area contributed by atoms with Gasteiger partial charge in [-0.3, -0.25) is 0 Å². The van der Waals surface area contributed by atoms with Gasteiger partial charge in [0.25, 0.3) is 0 Å². The number of nitrogens with two attached hydrogens (primary N) is 1. The maximum Gasteiger partial charge on any atom is 0.147 e. The number of nitrogen functional groups attached to an aromatic ring is 1. The van der Waals surface area contributed by atoms with Gasteiger partial charge in [-0.2, -0.15) is 0 Å². The summed E-state index contributed by atoms with van der Waals surface area (Å²) in [5.74, 6) is 8.28. The summed E-state index contributed by atoms with van der Waals surface area (Å²) in [6.07, 6.45) is 9.63. The molecule has 17 heavy (non-hydrogen) atoms. The van der Waals surface area contributed by atoms with E-state index in [9.17, 15) is 0 Å². The van der Waals surface area contributed by atoms with Crippen molar-refractivity contribution in [1.82, 2.24) is 9.97 Å². The van der Waals surface area contributed by atoms with Crippen LogP contribution in [0.15, 0.2) is 0 Å². The highest BCUT2D eigenvalue weighted by atomic mass is 15.3. The Morgan fingerprint density at radius 3 is 2.71 bits per heavy atom. The quantitative estimate of drug-likeness (QED) is 0.475. The molecule has 4 nitrogen and oxygen atoms in total. The van der Waals surface area contributed by atoms with Crippen molar-refractivity contribution in [1.29, 1.82) is 0 Å². The topological polar surface area (TPSA) is 63.8 Å². The zero-order valence-electron chi connectivity index (χ0n) is 10.2. The van der Waals surface area contributed by atoms with Gasteiger partial charge in [0.2, 0.25) is 0 Å². The zero-order chi connectivity index (χ0) is 11.7. The van der Waals surface area contributed by atoms with E-state index >= 15 is 0 Å². The minimum Gasteiger partial charge on any atom is -0.308 e. The first kappa shape index (κ1) is 11.0. The van der Waals surface area contributed by atoms with E-state index in [1.165, 1.54) is 43.4 Å². The molecule has 1 saturated carbocycles. The van der Waals surface area contributed by atoms with Crippen LogP contribution in [-0.4, -0.2) is 9.97 Å². The van der Waals surface area contributed by atoms with Gasteiger partial charge in [-0.05, 0) is 44.4 Å². The first-order valence-electron chi connectivity index (χ1n) is 6.72. The Hall–Kier alpha value is -1.16. The van der Waals surface area contributed by atoms with Crippen molar-refractivity contribution in [3.8, 4) is 0 Å². The van der Waals surface area contributed by atoms with Gasteiger partial charge in [0.1, 0.15) is 11.6 Å². The Balaban J connectivity index is 1.93. The van der Waals surface area contributed by atoms with Crippen LogP contribution in [0, 0.1) is 5.92 Å². The van der Waals surface area contributed by atoms with Crippen LogP contribution in [0.2, 0.25) is 0 Å². The first-order chi connectivity index (χ1) is 8.36. The molecule has 0 unspecified atom stereocenters. The number of aryl methyl sites for hydroxylation is 1. The number of nitrogens with zero attached hydrogens (tertiary/aromatic N) is 2. The number of anilines is 1. The molecule has 4 heteroatoms. The number of fused-ring (bicyclic) bond motifs is 1. The maximum atomic E-state index is 5.60. The molecule has 1 heterocycles. The molecule has 92 valence electrons. The van der Waals surface area contributed by atoms with Crippen molar-refractivity contribution in [2.75, 3.05) is 5.43 Å². The Bertz CT molecular complexity index is 412. The summed E-state index contributed by atoms with van der Waals surface area (Å²) < 4.78 is 0. The van der Waals surface area contributed by atoms with E-state index in [1.807, 2.05) is 0 Å². The van der Waals surface area contributed by atoms with Gasteiger partial charge in [0.15, 0.2) is 0 Å². The van der Waals surface area contributed by atoms with Crippen molar-refractivity contribution >= 4 is 5.82 Å². The molecular formula is C13H20N4. The second-order valence-electron chi connectivity index (χ2n) is 5.27. The van der Waals surface area contributed by atoms with Crippen LogP contribution in [-0.2, 0) is 19.3 Å². The zero-order valence-corrected chi connectivity index (χ0v) is 10.2. The molecule has 0 radical (unpaired) electrons. The number of hydrogen-bond donors (Lipinski definition) is 2. The molecule has 3 rings (SSSR count). The highest BCUT2D eigenvalue weighted by molar-refractivity contribution is 5.46. The second-order valence-corrected chi connectivity index (χ2v) is 5.27. The lowest BCUT2D eigenvalue weighted by molar-refractivity contribution is 0.706. The lowest BCUT2D eigenvalue weighted by Gasteiger charge is -2.12. The predicted octanol–water partition coefficient (Wildman–Crippen LogP) is 1.98. The van der Waals surface area contributed by atoms with Gasteiger partial charge in [-0.1, -0.05) is 6.42 Å². The lowest BCUT2D eigenvalue weighted by Crippen LogP contribution is -2.15. The number of nitrogens with one attached hydrogen (secondary N) is 1. The van der Waals surface area contributed by atoms with Crippen molar-refractivity contribution in [3.63, 3.8) is 0 Å². The SMILES string of the molecule is NNc1nc(CC2CC2)nc2c1CCCCC2. The minimum atomic E-state index is 0.824. The van der Waals surface area contributed by atoms with Crippen LogP contribution in [0.3, 0.4) is 0 Å². The fourth-order valence-electron chi connectivity index (χ4n) is 2.61. The third-order valence-electron chi connectivity index (χ3n) is 3.78. The molecule has 1 fully saturated rings. The van der Waals surface area contributed by atoms with E-state index < -0.39 is 0 Å². The Morgan fingerprint density at radius 1 is 1.12 bits per heavy atom. The van der Waals surface area contributed by atoms with Crippen molar-refractivity contribution in [3.05, 3.63) is 17.1 Å². The van der Waals surface area contributed by atoms with E-state index in [2.05, 4.69) is 10.4 Å². The van der Waals surface area contributed by atoms with Crippen molar-refractivity contribution < 1.29 is 0 Å². The lowest BCUT2D eigenvalue weighted by atomic mass is 10.1. The largest absolute Gasteiger partial charge is 0.308 e. The van der Waals surface area contributed by atoms with Gasteiger partial charge in [-0.25, -0.2) is 15.8 Å². The first-order valence-corrected chi connectivity index (χ1v) is 6.72. The summed E-state index contributed by atoms with van der Waals surface area (Å²) in [6.45, 7) is 0. The molecule has 1 aromatic heterocycles. The fraction of sp³-hybridized carbons (Fsp3) is 0.692. The molecule has 0 bridgehead atoms. The summed E-state index contributed by atoms with van der Waals surface area (Å²) >= 11 is 0. The number of aromatic nitrogens is 2. The standard InChI is InChI=1S/C13H20N4/c14-17-13-10-4-2-1-3-5-11(10)15-12(16-13)8-9-6-7-9/h9H,1-8,14H2,(H,15,16,17). The van der Waals surface area contributed by atoms with Crippen LogP contribution < -0.4 is 11.3 Å². The second kappa shape index (κ2) is 4.61. The number of hydrogen-bond acceptors (Lipinski definition) is 4. The normalized spacial score (nSPS) is 19.6. The van der Waals surface area contributed by atoms with Gasteiger partial charge in [-0.15, -0.1) is 0 Å². The van der Waals surface area contributed by atoms with Crippen LogP contribution >= 0.6 is 0 Å². The molecule has 2 aliphatic rings. The molecule has 0 spiro atoms. The highest BCUT2D eigenvalue weighted by Gasteiger charge is 2.24. The van der Waals surface area contributed by atoms with E-state index in [1.54, 1.807) is 0 Å². The van der Waals surface area contributed by atoms with Crippen LogP contribution in [0.4, 0.5) is 5.82 Å². The monoisotopic (exact) mass is 232 g/mol. The van der Waals surface area contributed by atoms with Crippen molar-refractivity contribution in [2.24, 2.45) is 11.8 Å². The van der Waals surface area contributed by atoms with Gasteiger partial charge >= 0.3 is 0 Å². The maximum absolute atomic E-state index is 5.60. The van der Waals surface area contributed by atoms with Gasteiger partial charge in [0, 0.05) is 17.7 Å². The average Bonchev–Trinajstić information content (AvgIpc) is 3.14. The summed E-state index contributed by atoms with van der Waals surface area (Å²) in [5, 5.41) is 0. The molecule has 0 atom stereocenters. The molecule has 0 aliphatic heterocycles. The Morgan fingerprint density at radius 2 is 1.94 bits per heavy atom. The fourth-order valence-corrected chi connectivity index (χ4v) is 2.61. The third-order valence-corrected chi connectivity index (χ3v) is 3.78. The smallest absolute Gasteiger partial charge is 0.147 e. The minimum absolute atomic E-state index is 0.824. The van der Waals surface area contributed by atoms with E-state index in [0.29, 0.717) is 0 Å². The summed E-state index contributed by atoms with van der Waals surface area (Å²) in [6, 6.07) is 0. The molecule has 2 aliphatic carbocycles. The van der Waals surface area contributed by atoms with Crippen LogP contribution in [0.5, 0.6) is 0 Å². The highest BCUT2D eigenvalue weighted by Crippen LogP contribution is 2.33. The van der Waals surface area contributed by atoms with Gasteiger partial charge < -0.3 is 5.43 Å². The van der Waals surface area contributed by atoms with E-state index in [4.69, 9.17) is 10.8 Å². The summed E-state index contributed by atoms with van der Waals surface area (Å²) in [5.41, 5.74) is 5.26.